The Morgan fingerprint density at radius 3 is 2.96 bits per heavy atom. The highest BCUT2D eigenvalue weighted by molar-refractivity contribution is 6.31. The molecule has 0 bridgehead atoms. The fraction of sp³-hybridized carbons (Fsp3) is 0.278. The maximum absolute atomic E-state index is 13.3. The van der Waals surface area contributed by atoms with E-state index < -0.39 is 12.0 Å². The second kappa shape index (κ2) is 7.20. The van der Waals surface area contributed by atoms with Crippen LogP contribution < -0.4 is 10.1 Å². The van der Waals surface area contributed by atoms with E-state index in [-0.39, 0.29) is 24.9 Å². The van der Waals surface area contributed by atoms with Crippen molar-refractivity contribution in [2.75, 3.05) is 13.2 Å². The highest BCUT2D eigenvalue weighted by Crippen LogP contribution is 2.28. The van der Waals surface area contributed by atoms with Crippen LogP contribution in [0.15, 0.2) is 42.5 Å². The molecule has 0 aromatic heterocycles. The minimum absolute atomic E-state index is 0.0507. The number of carbonyl (C=O) groups is 1. The summed E-state index contributed by atoms with van der Waals surface area (Å²) in [5, 5.41) is 13.3. The third-order valence-corrected chi connectivity index (χ3v) is 4.38. The van der Waals surface area contributed by atoms with Crippen molar-refractivity contribution in [3.63, 3.8) is 0 Å². The van der Waals surface area contributed by atoms with Crippen molar-refractivity contribution in [3.05, 3.63) is 64.4 Å². The average Bonchev–Trinajstić information content (AvgIpc) is 2.59. The Morgan fingerprint density at radius 2 is 2.17 bits per heavy atom. The molecule has 2 N–H and O–H groups in total. The molecule has 0 spiro atoms. The predicted octanol–water partition coefficient (Wildman–Crippen LogP) is 2.88. The molecule has 2 aromatic carbocycles. The molecular formula is C18H17ClFNO3. The molecule has 1 amide bonds. The van der Waals surface area contributed by atoms with Crippen LogP contribution >= 0.6 is 11.6 Å². The molecule has 0 aliphatic carbocycles. The van der Waals surface area contributed by atoms with Crippen LogP contribution in [0.3, 0.4) is 0 Å². The summed E-state index contributed by atoms with van der Waals surface area (Å²) in [4.78, 5) is 12.3. The summed E-state index contributed by atoms with van der Waals surface area (Å²) >= 11 is 6.03. The summed E-state index contributed by atoms with van der Waals surface area (Å²) in [5.74, 6) is -0.405. The molecule has 126 valence electrons. The lowest BCUT2D eigenvalue weighted by molar-refractivity contribution is -0.126. The second-order valence-corrected chi connectivity index (χ2v) is 6.15. The first-order valence-electron chi connectivity index (χ1n) is 7.66. The van der Waals surface area contributed by atoms with Crippen LogP contribution in [0.5, 0.6) is 5.75 Å². The van der Waals surface area contributed by atoms with E-state index in [1.165, 1.54) is 12.1 Å². The van der Waals surface area contributed by atoms with Gasteiger partial charge in [0.2, 0.25) is 5.91 Å². The van der Waals surface area contributed by atoms with E-state index in [2.05, 4.69) is 5.32 Å². The monoisotopic (exact) mass is 349 g/mol. The highest BCUT2D eigenvalue weighted by Gasteiger charge is 2.26. The van der Waals surface area contributed by atoms with Gasteiger partial charge < -0.3 is 15.2 Å². The molecule has 3 rings (SSSR count). The molecule has 2 unspecified atom stereocenters. The fourth-order valence-corrected chi connectivity index (χ4v) is 2.99. The van der Waals surface area contributed by atoms with Gasteiger partial charge in [0, 0.05) is 17.1 Å². The number of aliphatic hydroxyl groups excluding tert-OH is 1. The number of carbonyl (C=O) groups excluding carboxylic acids is 1. The molecule has 24 heavy (non-hydrogen) atoms. The number of rotatable bonds is 4. The van der Waals surface area contributed by atoms with Crippen molar-refractivity contribution < 1.29 is 19.0 Å². The largest absolute Gasteiger partial charge is 0.492 e. The van der Waals surface area contributed by atoms with Crippen LogP contribution in [-0.4, -0.2) is 24.2 Å². The molecule has 4 nitrogen and oxygen atoms in total. The molecule has 0 saturated heterocycles. The zero-order valence-corrected chi connectivity index (χ0v) is 13.6. The molecule has 6 heteroatoms. The second-order valence-electron chi connectivity index (χ2n) is 5.75. The zero-order valence-electron chi connectivity index (χ0n) is 12.8. The number of nitrogens with one attached hydrogen (secondary N) is 1. The number of halogens is 2. The number of hydrogen-bond acceptors (Lipinski definition) is 3. The van der Waals surface area contributed by atoms with Crippen molar-refractivity contribution in [3.8, 4) is 5.75 Å². The third-order valence-electron chi connectivity index (χ3n) is 4.03. The maximum atomic E-state index is 13.3. The summed E-state index contributed by atoms with van der Waals surface area (Å²) in [6.07, 6.45) is -0.488. The zero-order chi connectivity index (χ0) is 17.1. The Kier molecular flexibility index (Phi) is 5.02. The minimum Gasteiger partial charge on any atom is -0.492 e. The SMILES string of the molecule is O=C(NCC(O)c1ccccc1Cl)C1COc2ccc(F)cc2C1. The van der Waals surface area contributed by atoms with Crippen LogP contribution in [-0.2, 0) is 11.2 Å². The van der Waals surface area contributed by atoms with Crippen LogP contribution in [0.2, 0.25) is 5.02 Å². The van der Waals surface area contributed by atoms with E-state index in [1.54, 1.807) is 30.3 Å². The predicted molar refractivity (Wildman–Crippen MR) is 88.5 cm³/mol. The van der Waals surface area contributed by atoms with Gasteiger partial charge in [0.1, 0.15) is 18.2 Å². The summed E-state index contributed by atoms with van der Waals surface area (Å²) in [5.41, 5.74) is 1.24. The smallest absolute Gasteiger partial charge is 0.226 e. The van der Waals surface area contributed by atoms with Crippen LogP contribution in [0.25, 0.3) is 0 Å². The first kappa shape index (κ1) is 16.7. The maximum Gasteiger partial charge on any atom is 0.226 e. The van der Waals surface area contributed by atoms with Crippen molar-refractivity contribution in [1.29, 1.82) is 0 Å². The lowest BCUT2D eigenvalue weighted by Crippen LogP contribution is -2.39. The van der Waals surface area contributed by atoms with Gasteiger partial charge in [-0.2, -0.15) is 0 Å². The standard InChI is InChI=1S/C18H17ClFNO3/c19-15-4-2-1-3-14(15)16(22)9-21-18(23)12-7-11-8-13(20)5-6-17(11)24-10-12/h1-6,8,12,16,22H,7,9-10H2,(H,21,23). The summed E-state index contributed by atoms with van der Waals surface area (Å²) < 4.78 is 18.8. The van der Waals surface area contributed by atoms with Crippen molar-refractivity contribution >= 4 is 17.5 Å². The molecule has 1 aliphatic heterocycles. The molecule has 0 radical (unpaired) electrons. The lowest BCUT2D eigenvalue weighted by atomic mass is 9.96. The van der Waals surface area contributed by atoms with Gasteiger partial charge in [-0.3, -0.25) is 4.79 Å². The minimum atomic E-state index is -0.892. The molecule has 0 saturated carbocycles. The van der Waals surface area contributed by atoms with Gasteiger partial charge in [0.25, 0.3) is 0 Å². The highest BCUT2D eigenvalue weighted by atomic mass is 35.5. The van der Waals surface area contributed by atoms with E-state index in [1.807, 2.05) is 0 Å². The quantitative estimate of drug-likeness (QED) is 0.892. The third kappa shape index (κ3) is 3.68. The van der Waals surface area contributed by atoms with Gasteiger partial charge in [-0.1, -0.05) is 29.8 Å². The normalized spacial score (nSPS) is 17.5. The number of ether oxygens (including phenoxy) is 1. The van der Waals surface area contributed by atoms with E-state index in [0.29, 0.717) is 28.3 Å². The van der Waals surface area contributed by atoms with Crippen LogP contribution in [0.4, 0.5) is 4.39 Å². The topological polar surface area (TPSA) is 58.6 Å². The van der Waals surface area contributed by atoms with Crippen molar-refractivity contribution in [1.82, 2.24) is 5.32 Å². The molecule has 1 heterocycles. The van der Waals surface area contributed by atoms with Gasteiger partial charge in [0.15, 0.2) is 0 Å². The summed E-state index contributed by atoms with van der Waals surface area (Å²) in [7, 11) is 0. The van der Waals surface area contributed by atoms with Gasteiger partial charge >= 0.3 is 0 Å². The van der Waals surface area contributed by atoms with E-state index in [4.69, 9.17) is 16.3 Å². The fourth-order valence-electron chi connectivity index (χ4n) is 2.73. The Hall–Kier alpha value is -2.11. The number of aliphatic hydroxyl groups is 1. The summed E-state index contributed by atoms with van der Waals surface area (Å²) in [6.45, 7) is 0.279. The molecule has 2 atom stereocenters. The molecular weight excluding hydrogens is 333 g/mol. The Balaban J connectivity index is 1.59. The van der Waals surface area contributed by atoms with Crippen molar-refractivity contribution in [2.45, 2.75) is 12.5 Å². The van der Waals surface area contributed by atoms with Crippen LogP contribution in [0, 0.1) is 11.7 Å². The first-order valence-corrected chi connectivity index (χ1v) is 8.04. The van der Waals surface area contributed by atoms with E-state index in [9.17, 15) is 14.3 Å². The molecule has 2 aromatic rings. The van der Waals surface area contributed by atoms with Gasteiger partial charge in [0.05, 0.1) is 12.0 Å². The van der Waals surface area contributed by atoms with Gasteiger partial charge in [-0.25, -0.2) is 4.39 Å². The van der Waals surface area contributed by atoms with E-state index >= 15 is 0 Å². The lowest BCUT2D eigenvalue weighted by Gasteiger charge is -2.25. The molecule has 0 fully saturated rings. The number of benzene rings is 2. The van der Waals surface area contributed by atoms with Gasteiger partial charge in [-0.05, 0) is 36.2 Å². The number of hydrogen-bond donors (Lipinski definition) is 2. The van der Waals surface area contributed by atoms with Crippen LogP contribution in [0.1, 0.15) is 17.2 Å². The first-order chi connectivity index (χ1) is 11.5. The summed E-state index contributed by atoms with van der Waals surface area (Å²) in [6, 6.07) is 11.2. The average molecular weight is 350 g/mol. The Labute approximate surface area is 144 Å². The molecule has 1 aliphatic rings. The number of fused-ring (bicyclic) bond motifs is 1. The van der Waals surface area contributed by atoms with E-state index in [0.717, 1.165) is 0 Å². The number of amides is 1. The Bertz CT molecular complexity index is 753. The van der Waals surface area contributed by atoms with Gasteiger partial charge in [-0.15, -0.1) is 0 Å². The van der Waals surface area contributed by atoms with Crippen molar-refractivity contribution in [2.24, 2.45) is 5.92 Å². The Morgan fingerprint density at radius 1 is 1.38 bits per heavy atom.